The monoisotopic (exact) mass is 245 g/mol. The third kappa shape index (κ3) is 3.84. The van der Waals surface area contributed by atoms with E-state index in [0.717, 1.165) is 18.9 Å². The van der Waals surface area contributed by atoms with E-state index in [1.54, 1.807) is 0 Å². The normalized spacial score (nSPS) is 18.1. The molecule has 0 heterocycles. The standard InChI is InChI=1S/C17H27N/c1-14(11-12-18)17-8-4-7-16(13-17)10-9-15-5-2-3-6-15/h4,7-8,13-15H,2-3,5-6,9-12,18H2,1H3. The number of hydrogen-bond acceptors (Lipinski definition) is 1. The lowest BCUT2D eigenvalue weighted by molar-refractivity contribution is 0.503. The molecule has 1 aromatic carbocycles. The van der Waals surface area contributed by atoms with Crippen LogP contribution in [0, 0.1) is 5.92 Å². The predicted octanol–water partition coefficient (Wildman–Crippen LogP) is 4.26. The Morgan fingerprint density at radius 3 is 2.78 bits per heavy atom. The van der Waals surface area contributed by atoms with E-state index in [9.17, 15) is 0 Å². The lowest BCUT2D eigenvalue weighted by Crippen LogP contribution is -2.05. The molecule has 0 spiro atoms. The number of rotatable bonds is 6. The van der Waals surface area contributed by atoms with Gasteiger partial charge in [-0.25, -0.2) is 0 Å². The SMILES string of the molecule is CC(CCN)c1cccc(CCC2CCCC2)c1. The summed E-state index contributed by atoms with van der Waals surface area (Å²) in [5, 5.41) is 0. The third-order valence-corrected chi connectivity index (χ3v) is 4.44. The van der Waals surface area contributed by atoms with Crippen molar-refractivity contribution in [2.45, 2.75) is 57.8 Å². The summed E-state index contributed by atoms with van der Waals surface area (Å²) in [4.78, 5) is 0. The largest absolute Gasteiger partial charge is 0.330 e. The molecule has 2 N–H and O–H groups in total. The fourth-order valence-corrected chi connectivity index (χ4v) is 3.14. The van der Waals surface area contributed by atoms with Crippen LogP contribution in [0.25, 0.3) is 0 Å². The minimum absolute atomic E-state index is 0.599. The summed E-state index contributed by atoms with van der Waals surface area (Å²) in [6.07, 6.45) is 9.57. The van der Waals surface area contributed by atoms with E-state index in [2.05, 4.69) is 31.2 Å². The molecule has 1 aromatic rings. The van der Waals surface area contributed by atoms with Gasteiger partial charge in [0.1, 0.15) is 0 Å². The molecule has 0 aliphatic heterocycles. The molecule has 1 unspecified atom stereocenters. The Hall–Kier alpha value is -0.820. The van der Waals surface area contributed by atoms with Crippen LogP contribution < -0.4 is 5.73 Å². The maximum atomic E-state index is 5.65. The van der Waals surface area contributed by atoms with Gasteiger partial charge >= 0.3 is 0 Å². The van der Waals surface area contributed by atoms with Crippen LogP contribution in [0.3, 0.4) is 0 Å². The van der Waals surface area contributed by atoms with Crippen molar-refractivity contribution in [1.82, 2.24) is 0 Å². The van der Waals surface area contributed by atoms with Gasteiger partial charge in [0.05, 0.1) is 0 Å². The number of benzene rings is 1. The first kappa shape index (κ1) is 13.6. The number of aryl methyl sites for hydroxylation is 1. The Morgan fingerprint density at radius 2 is 2.06 bits per heavy atom. The van der Waals surface area contributed by atoms with Crippen LogP contribution >= 0.6 is 0 Å². The highest BCUT2D eigenvalue weighted by Crippen LogP contribution is 2.29. The first-order valence-electron chi connectivity index (χ1n) is 7.58. The van der Waals surface area contributed by atoms with Crippen molar-refractivity contribution in [3.05, 3.63) is 35.4 Å². The van der Waals surface area contributed by atoms with E-state index < -0.39 is 0 Å². The van der Waals surface area contributed by atoms with Crippen molar-refractivity contribution in [2.24, 2.45) is 11.7 Å². The minimum Gasteiger partial charge on any atom is -0.330 e. The van der Waals surface area contributed by atoms with Crippen LogP contribution in [0.5, 0.6) is 0 Å². The van der Waals surface area contributed by atoms with E-state index in [1.165, 1.54) is 49.7 Å². The topological polar surface area (TPSA) is 26.0 Å². The van der Waals surface area contributed by atoms with Crippen molar-refractivity contribution in [3.63, 3.8) is 0 Å². The maximum Gasteiger partial charge on any atom is -0.00715 e. The fraction of sp³-hybridized carbons (Fsp3) is 0.647. The zero-order valence-electron chi connectivity index (χ0n) is 11.7. The Labute approximate surface area is 112 Å². The van der Waals surface area contributed by atoms with E-state index in [0.29, 0.717) is 5.92 Å². The first-order chi connectivity index (χ1) is 8.79. The Morgan fingerprint density at radius 1 is 1.28 bits per heavy atom. The molecule has 0 radical (unpaired) electrons. The molecule has 100 valence electrons. The summed E-state index contributed by atoms with van der Waals surface area (Å²) in [7, 11) is 0. The summed E-state index contributed by atoms with van der Waals surface area (Å²) >= 11 is 0. The van der Waals surface area contributed by atoms with E-state index in [-0.39, 0.29) is 0 Å². The molecule has 1 heteroatoms. The van der Waals surface area contributed by atoms with Gasteiger partial charge in [-0.15, -0.1) is 0 Å². The molecule has 0 aromatic heterocycles. The van der Waals surface area contributed by atoms with Crippen LogP contribution in [-0.4, -0.2) is 6.54 Å². The average Bonchev–Trinajstić information content (AvgIpc) is 2.90. The van der Waals surface area contributed by atoms with E-state index >= 15 is 0 Å². The molecule has 0 bridgehead atoms. The lowest BCUT2D eigenvalue weighted by Gasteiger charge is -2.13. The molecule has 2 rings (SSSR count). The van der Waals surface area contributed by atoms with Gasteiger partial charge in [-0.05, 0) is 48.8 Å². The highest BCUT2D eigenvalue weighted by molar-refractivity contribution is 5.26. The quantitative estimate of drug-likeness (QED) is 0.796. The smallest absolute Gasteiger partial charge is 0.00715 e. The summed E-state index contributed by atoms with van der Waals surface area (Å²) in [6, 6.07) is 9.15. The zero-order chi connectivity index (χ0) is 12.8. The molecule has 1 aliphatic carbocycles. The molecule has 0 amide bonds. The average molecular weight is 245 g/mol. The van der Waals surface area contributed by atoms with Gasteiger partial charge in [0.15, 0.2) is 0 Å². The molecule has 1 atom stereocenters. The van der Waals surface area contributed by atoms with Gasteiger partial charge in [-0.3, -0.25) is 0 Å². The van der Waals surface area contributed by atoms with Crippen LogP contribution in [0.1, 0.15) is 62.5 Å². The van der Waals surface area contributed by atoms with Crippen molar-refractivity contribution in [2.75, 3.05) is 6.54 Å². The second kappa shape index (κ2) is 6.94. The zero-order valence-corrected chi connectivity index (χ0v) is 11.7. The second-order valence-corrected chi connectivity index (χ2v) is 5.91. The van der Waals surface area contributed by atoms with Gasteiger partial charge in [-0.2, -0.15) is 0 Å². The first-order valence-corrected chi connectivity index (χ1v) is 7.58. The van der Waals surface area contributed by atoms with Gasteiger partial charge in [0.25, 0.3) is 0 Å². The van der Waals surface area contributed by atoms with Crippen molar-refractivity contribution < 1.29 is 0 Å². The van der Waals surface area contributed by atoms with Crippen molar-refractivity contribution in [3.8, 4) is 0 Å². The summed E-state index contributed by atoms with van der Waals surface area (Å²) < 4.78 is 0. The summed E-state index contributed by atoms with van der Waals surface area (Å²) in [6.45, 7) is 3.07. The van der Waals surface area contributed by atoms with Crippen LogP contribution in [-0.2, 0) is 6.42 Å². The molecule has 0 saturated heterocycles. The number of nitrogens with two attached hydrogens (primary N) is 1. The van der Waals surface area contributed by atoms with Gasteiger partial charge in [0, 0.05) is 0 Å². The van der Waals surface area contributed by atoms with Crippen LogP contribution in [0.15, 0.2) is 24.3 Å². The lowest BCUT2D eigenvalue weighted by atomic mass is 9.93. The molecule has 1 fully saturated rings. The number of hydrogen-bond donors (Lipinski definition) is 1. The summed E-state index contributed by atoms with van der Waals surface area (Å²) in [5.41, 5.74) is 8.63. The minimum atomic E-state index is 0.599. The molecule has 1 saturated carbocycles. The van der Waals surface area contributed by atoms with Crippen LogP contribution in [0.4, 0.5) is 0 Å². The highest BCUT2D eigenvalue weighted by atomic mass is 14.5. The maximum absolute atomic E-state index is 5.65. The molecular weight excluding hydrogens is 218 g/mol. The van der Waals surface area contributed by atoms with Crippen molar-refractivity contribution >= 4 is 0 Å². The van der Waals surface area contributed by atoms with E-state index in [4.69, 9.17) is 5.73 Å². The second-order valence-electron chi connectivity index (χ2n) is 5.91. The highest BCUT2D eigenvalue weighted by Gasteiger charge is 2.14. The van der Waals surface area contributed by atoms with Gasteiger partial charge < -0.3 is 5.73 Å². The summed E-state index contributed by atoms with van der Waals surface area (Å²) in [5.74, 6) is 1.59. The van der Waals surface area contributed by atoms with Gasteiger partial charge in [-0.1, -0.05) is 56.9 Å². The van der Waals surface area contributed by atoms with Crippen molar-refractivity contribution in [1.29, 1.82) is 0 Å². The Bertz CT molecular complexity index is 352. The Balaban J connectivity index is 1.89. The predicted molar refractivity (Wildman–Crippen MR) is 78.8 cm³/mol. The van der Waals surface area contributed by atoms with Gasteiger partial charge in [0.2, 0.25) is 0 Å². The molecular formula is C17H27N. The van der Waals surface area contributed by atoms with Crippen LogP contribution in [0.2, 0.25) is 0 Å². The molecule has 18 heavy (non-hydrogen) atoms. The molecule has 1 aliphatic rings. The Kier molecular flexibility index (Phi) is 5.25. The third-order valence-electron chi connectivity index (χ3n) is 4.44. The van der Waals surface area contributed by atoms with E-state index in [1.807, 2.05) is 0 Å². The fourth-order valence-electron chi connectivity index (χ4n) is 3.14. The molecule has 1 nitrogen and oxygen atoms in total.